The van der Waals surface area contributed by atoms with Gasteiger partial charge in [-0.15, -0.1) is 28.3 Å². The van der Waals surface area contributed by atoms with Crippen LogP contribution >= 0.6 is 50.6 Å². The molecule has 0 N–H and O–H groups in total. The molecule has 0 bridgehead atoms. The van der Waals surface area contributed by atoms with E-state index in [9.17, 15) is 8.42 Å². The van der Waals surface area contributed by atoms with Crippen molar-refractivity contribution in [3.63, 3.8) is 0 Å². The summed E-state index contributed by atoms with van der Waals surface area (Å²) >= 11 is 7.48. The molecule has 0 saturated carbocycles. The molecule has 9 heteroatoms. The average Bonchev–Trinajstić information content (AvgIpc) is 2.99. The molecule has 0 radical (unpaired) electrons. The monoisotopic (exact) mass is 506 g/mol. The van der Waals surface area contributed by atoms with E-state index in [2.05, 4.69) is 0 Å². The lowest BCUT2D eigenvalue weighted by Crippen LogP contribution is -2.14. The Kier molecular flexibility index (Phi) is 7.33. The molecule has 0 aliphatic rings. The zero-order valence-corrected chi connectivity index (χ0v) is 19.4. The van der Waals surface area contributed by atoms with Crippen LogP contribution in [0.5, 0.6) is 0 Å². The molecule has 0 saturated heterocycles. The van der Waals surface area contributed by atoms with E-state index >= 15 is 0 Å². The number of aromatic nitrogens is 1. The Labute approximate surface area is 182 Å². The van der Waals surface area contributed by atoms with Gasteiger partial charge in [0.05, 0.1) is 16.4 Å². The van der Waals surface area contributed by atoms with Gasteiger partial charge in [-0.1, -0.05) is 35.9 Å². The van der Waals surface area contributed by atoms with Crippen LogP contribution in [-0.4, -0.2) is 13.0 Å². The van der Waals surface area contributed by atoms with Gasteiger partial charge in [-0.3, -0.25) is 0 Å². The molecule has 144 valence electrons. The maximum Gasteiger partial charge on any atom is 0.262 e. The highest BCUT2D eigenvalue weighted by Crippen LogP contribution is 2.30. The Morgan fingerprint density at radius 3 is 2.52 bits per heavy atom. The van der Waals surface area contributed by atoms with Gasteiger partial charge in [-0.25, -0.2) is 13.4 Å². The van der Waals surface area contributed by atoms with Crippen molar-refractivity contribution in [1.29, 1.82) is 0 Å². The molecule has 3 rings (SSSR count). The van der Waals surface area contributed by atoms with Crippen molar-refractivity contribution >= 4 is 65.3 Å². The van der Waals surface area contributed by atoms with Crippen molar-refractivity contribution < 1.29 is 8.42 Å². The molecule has 0 aliphatic heterocycles. The van der Waals surface area contributed by atoms with E-state index in [1.54, 1.807) is 12.1 Å². The molecule has 0 unspecified atom stereocenters. The summed E-state index contributed by atoms with van der Waals surface area (Å²) < 4.78 is 25.5. The van der Waals surface area contributed by atoms with E-state index in [-0.39, 0.29) is 26.9 Å². The number of halogens is 3. The van der Waals surface area contributed by atoms with Gasteiger partial charge in [0.25, 0.3) is 9.05 Å². The molecule has 0 aliphatic carbocycles. The standard InChI is InChI=1S/C18H16Cl2N2O2S2.BrH/c1-3-22-16(13-8-9-14(19)17(10-13)26(20,23)24)11-25-18(22)21-15-7-5-4-6-12(15)2;/h4-11H,3H2,1-2H3;1H/b21-18+;. The lowest BCUT2D eigenvalue weighted by molar-refractivity contribution is 0.609. The van der Waals surface area contributed by atoms with Crippen LogP contribution in [0.1, 0.15) is 12.5 Å². The largest absolute Gasteiger partial charge is 0.317 e. The second kappa shape index (κ2) is 8.92. The molecule has 4 nitrogen and oxygen atoms in total. The first-order chi connectivity index (χ1) is 12.3. The molecular formula is C18H17BrCl2N2O2S2. The summed E-state index contributed by atoms with van der Waals surface area (Å²) in [4.78, 5) is 5.50. The molecule has 3 aromatic rings. The van der Waals surface area contributed by atoms with E-state index < -0.39 is 9.05 Å². The molecular weight excluding hydrogens is 491 g/mol. The minimum atomic E-state index is -3.92. The highest BCUT2D eigenvalue weighted by molar-refractivity contribution is 8.93. The number of rotatable bonds is 4. The summed E-state index contributed by atoms with van der Waals surface area (Å²) in [6.45, 7) is 4.72. The van der Waals surface area contributed by atoms with Gasteiger partial charge in [0, 0.05) is 28.2 Å². The maximum absolute atomic E-state index is 11.7. The molecule has 1 aromatic heterocycles. The van der Waals surface area contributed by atoms with Crippen LogP contribution in [0.2, 0.25) is 5.02 Å². The molecule has 0 fully saturated rings. The van der Waals surface area contributed by atoms with Crippen LogP contribution < -0.4 is 4.80 Å². The molecule has 27 heavy (non-hydrogen) atoms. The van der Waals surface area contributed by atoms with Crippen molar-refractivity contribution in [3.05, 3.63) is 63.2 Å². The number of thiazole rings is 1. The highest BCUT2D eigenvalue weighted by Gasteiger charge is 2.17. The SMILES string of the molecule is Br.CCn1c(-c2ccc(Cl)c(S(=O)(=O)Cl)c2)cs/c1=N/c1ccccc1C. The Morgan fingerprint density at radius 2 is 1.89 bits per heavy atom. The normalized spacial score (nSPS) is 12.1. The van der Waals surface area contributed by atoms with Gasteiger partial charge in [0.15, 0.2) is 4.80 Å². The van der Waals surface area contributed by atoms with Crippen molar-refractivity contribution in [2.75, 3.05) is 0 Å². The number of para-hydroxylation sites is 1. The van der Waals surface area contributed by atoms with E-state index in [1.165, 1.54) is 17.4 Å². The third-order valence-electron chi connectivity index (χ3n) is 3.94. The predicted molar refractivity (Wildman–Crippen MR) is 118 cm³/mol. The van der Waals surface area contributed by atoms with Crippen LogP contribution in [0.3, 0.4) is 0 Å². The van der Waals surface area contributed by atoms with Crippen molar-refractivity contribution in [2.45, 2.75) is 25.3 Å². The fraction of sp³-hybridized carbons (Fsp3) is 0.167. The van der Waals surface area contributed by atoms with E-state index in [0.717, 1.165) is 27.3 Å². The Balaban J connectivity index is 0.00000261. The zero-order valence-electron chi connectivity index (χ0n) is 14.5. The van der Waals surface area contributed by atoms with E-state index in [0.29, 0.717) is 6.54 Å². The smallest absolute Gasteiger partial charge is 0.262 e. The summed E-state index contributed by atoms with van der Waals surface area (Å²) in [6, 6.07) is 12.7. The number of hydrogen-bond acceptors (Lipinski definition) is 4. The second-order valence-electron chi connectivity index (χ2n) is 5.63. The topological polar surface area (TPSA) is 51.4 Å². The first-order valence-corrected chi connectivity index (χ1v) is 11.4. The molecule has 0 amide bonds. The number of benzene rings is 2. The predicted octanol–water partition coefficient (Wildman–Crippen LogP) is 5.94. The van der Waals surface area contributed by atoms with Crippen LogP contribution in [0.15, 0.2) is 57.7 Å². The molecule has 2 aromatic carbocycles. The van der Waals surface area contributed by atoms with Gasteiger partial charge >= 0.3 is 0 Å². The first-order valence-electron chi connectivity index (χ1n) is 7.84. The van der Waals surface area contributed by atoms with Crippen LogP contribution in [-0.2, 0) is 15.6 Å². The van der Waals surface area contributed by atoms with Crippen molar-refractivity contribution in [1.82, 2.24) is 4.57 Å². The van der Waals surface area contributed by atoms with Gasteiger partial charge in [-0.2, -0.15) is 0 Å². The van der Waals surface area contributed by atoms with E-state index in [1.807, 2.05) is 48.1 Å². The summed E-state index contributed by atoms with van der Waals surface area (Å²) in [5, 5.41) is 2.06. The lowest BCUT2D eigenvalue weighted by Gasteiger charge is -2.08. The Morgan fingerprint density at radius 1 is 1.19 bits per heavy atom. The van der Waals surface area contributed by atoms with E-state index in [4.69, 9.17) is 27.3 Å². The van der Waals surface area contributed by atoms with Gasteiger partial charge in [0.1, 0.15) is 4.90 Å². The quantitative estimate of drug-likeness (QED) is 0.410. The average molecular weight is 508 g/mol. The third kappa shape index (κ3) is 4.84. The van der Waals surface area contributed by atoms with Crippen LogP contribution in [0, 0.1) is 6.92 Å². The number of hydrogen-bond donors (Lipinski definition) is 0. The number of aryl methyl sites for hydroxylation is 1. The van der Waals surface area contributed by atoms with Gasteiger partial charge in [-0.05, 0) is 37.6 Å². The fourth-order valence-electron chi connectivity index (χ4n) is 2.60. The highest BCUT2D eigenvalue weighted by atomic mass is 79.9. The summed E-state index contributed by atoms with van der Waals surface area (Å²) in [7, 11) is 1.57. The summed E-state index contributed by atoms with van der Waals surface area (Å²) in [6.07, 6.45) is 0. The molecule has 0 atom stereocenters. The zero-order chi connectivity index (χ0) is 18.9. The Bertz CT molecular complexity index is 1140. The minimum Gasteiger partial charge on any atom is -0.317 e. The summed E-state index contributed by atoms with van der Waals surface area (Å²) in [5.41, 5.74) is 3.58. The van der Waals surface area contributed by atoms with Gasteiger partial charge < -0.3 is 4.57 Å². The van der Waals surface area contributed by atoms with Gasteiger partial charge in [0.2, 0.25) is 0 Å². The molecule has 0 spiro atoms. The molecule has 1 heterocycles. The van der Waals surface area contributed by atoms with Crippen LogP contribution in [0.25, 0.3) is 11.3 Å². The minimum absolute atomic E-state index is 0. The van der Waals surface area contributed by atoms with Crippen molar-refractivity contribution in [3.8, 4) is 11.3 Å². The van der Waals surface area contributed by atoms with Crippen LogP contribution in [0.4, 0.5) is 5.69 Å². The van der Waals surface area contributed by atoms with Crippen molar-refractivity contribution in [2.24, 2.45) is 4.99 Å². The fourth-order valence-corrected chi connectivity index (χ4v) is 5.07. The maximum atomic E-state index is 11.7. The number of nitrogens with zero attached hydrogens (tertiary/aromatic N) is 2. The second-order valence-corrected chi connectivity index (χ2v) is 9.41. The lowest BCUT2D eigenvalue weighted by atomic mass is 10.2. The Hall–Kier alpha value is -1.12. The third-order valence-corrected chi connectivity index (χ3v) is 6.60. The first kappa shape index (κ1) is 22.2. The summed E-state index contributed by atoms with van der Waals surface area (Å²) in [5.74, 6) is 0.